The molecule has 2 amide bonds. The molecule has 1 heterocycles. The molecule has 0 aliphatic carbocycles. The summed E-state index contributed by atoms with van der Waals surface area (Å²) in [7, 11) is 1.60. The van der Waals surface area contributed by atoms with Crippen LogP contribution in [0.1, 0.15) is 11.1 Å². The van der Waals surface area contributed by atoms with Gasteiger partial charge < -0.3 is 15.4 Å². The Morgan fingerprint density at radius 1 is 1.24 bits per heavy atom. The Morgan fingerprint density at radius 2 is 2.05 bits per heavy atom. The quantitative estimate of drug-likeness (QED) is 0.756. The van der Waals surface area contributed by atoms with Gasteiger partial charge in [0.25, 0.3) is 0 Å². The van der Waals surface area contributed by atoms with E-state index in [4.69, 9.17) is 4.74 Å². The average Bonchev–Trinajstić information content (AvgIpc) is 3.00. The first-order valence-corrected chi connectivity index (χ1v) is 6.84. The molecule has 6 heteroatoms. The first-order valence-electron chi connectivity index (χ1n) is 6.84. The number of carbonyl (C=O) groups is 1. The van der Waals surface area contributed by atoms with Crippen molar-refractivity contribution in [1.82, 2.24) is 20.4 Å². The Labute approximate surface area is 124 Å². The molecule has 0 saturated carbocycles. The molecular formula is C15H20N4O2. The molecule has 0 aliphatic rings. The summed E-state index contributed by atoms with van der Waals surface area (Å²) in [5, 5.41) is 9.77. The third-order valence-corrected chi connectivity index (χ3v) is 3.04. The molecule has 1 aromatic heterocycles. The Morgan fingerprint density at radius 3 is 2.76 bits per heavy atom. The fourth-order valence-corrected chi connectivity index (χ4v) is 1.96. The zero-order valence-corrected chi connectivity index (χ0v) is 12.1. The molecule has 0 bridgehead atoms. The van der Waals surface area contributed by atoms with E-state index in [1.54, 1.807) is 13.3 Å². The molecule has 0 aliphatic heterocycles. The molecular weight excluding hydrogens is 268 g/mol. The van der Waals surface area contributed by atoms with Crippen molar-refractivity contribution in [3.8, 4) is 0 Å². The van der Waals surface area contributed by atoms with E-state index >= 15 is 0 Å². The first kappa shape index (κ1) is 15.1. The lowest BCUT2D eigenvalue weighted by atomic mass is 10.1. The number of aromatic nitrogens is 2. The molecule has 2 rings (SSSR count). The number of rotatable bonds is 7. The molecule has 112 valence electrons. The van der Waals surface area contributed by atoms with Crippen molar-refractivity contribution in [2.45, 2.75) is 13.1 Å². The van der Waals surface area contributed by atoms with Crippen LogP contribution < -0.4 is 10.6 Å². The Bertz CT molecular complexity index is 555. The van der Waals surface area contributed by atoms with Gasteiger partial charge in [-0.2, -0.15) is 5.10 Å². The van der Waals surface area contributed by atoms with Gasteiger partial charge in [0.05, 0.1) is 13.2 Å². The predicted octanol–water partition coefficient (Wildman–Crippen LogP) is 1.38. The van der Waals surface area contributed by atoms with Crippen molar-refractivity contribution in [3.63, 3.8) is 0 Å². The summed E-state index contributed by atoms with van der Waals surface area (Å²) < 4.78 is 6.74. The van der Waals surface area contributed by atoms with Crippen molar-refractivity contribution >= 4 is 6.03 Å². The number of benzene rings is 1. The summed E-state index contributed by atoms with van der Waals surface area (Å²) in [6, 6.07) is 9.70. The molecule has 0 radical (unpaired) electrons. The maximum atomic E-state index is 11.6. The van der Waals surface area contributed by atoms with E-state index in [1.807, 2.05) is 41.2 Å². The van der Waals surface area contributed by atoms with Crippen LogP contribution in [0.4, 0.5) is 4.79 Å². The van der Waals surface area contributed by atoms with Gasteiger partial charge >= 0.3 is 6.03 Å². The fourth-order valence-electron chi connectivity index (χ4n) is 1.96. The van der Waals surface area contributed by atoms with Gasteiger partial charge in [0.15, 0.2) is 0 Å². The van der Waals surface area contributed by atoms with Crippen molar-refractivity contribution in [2.24, 2.45) is 0 Å². The molecule has 21 heavy (non-hydrogen) atoms. The Kier molecular flexibility index (Phi) is 5.78. The van der Waals surface area contributed by atoms with E-state index in [-0.39, 0.29) is 6.03 Å². The van der Waals surface area contributed by atoms with E-state index in [0.717, 1.165) is 11.1 Å². The summed E-state index contributed by atoms with van der Waals surface area (Å²) >= 11 is 0. The van der Waals surface area contributed by atoms with E-state index < -0.39 is 0 Å². The van der Waals surface area contributed by atoms with Crippen LogP contribution in [0.2, 0.25) is 0 Å². The second-order valence-corrected chi connectivity index (χ2v) is 4.57. The standard InChI is InChI=1S/C15H20N4O2/c1-21-10-8-16-15(20)17-11-13-5-2-3-6-14(13)12-19-9-4-7-18-19/h2-7,9H,8,10-12H2,1H3,(H2,16,17,20). The highest BCUT2D eigenvalue weighted by atomic mass is 16.5. The lowest BCUT2D eigenvalue weighted by Gasteiger charge is -2.11. The van der Waals surface area contributed by atoms with Gasteiger partial charge in [-0.15, -0.1) is 0 Å². The SMILES string of the molecule is COCCNC(=O)NCc1ccccc1Cn1cccn1. The maximum Gasteiger partial charge on any atom is 0.315 e. The van der Waals surface area contributed by atoms with Crippen LogP contribution in [-0.4, -0.2) is 36.1 Å². The molecule has 0 fully saturated rings. The van der Waals surface area contributed by atoms with E-state index in [9.17, 15) is 4.79 Å². The van der Waals surface area contributed by atoms with Crippen LogP contribution >= 0.6 is 0 Å². The second-order valence-electron chi connectivity index (χ2n) is 4.57. The number of carbonyl (C=O) groups excluding carboxylic acids is 1. The molecule has 6 nitrogen and oxygen atoms in total. The van der Waals surface area contributed by atoms with Gasteiger partial charge in [-0.05, 0) is 17.2 Å². The predicted molar refractivity (Wildman–Crippen MR) is 79.9 cm³/mol. The number of nitrogens with one attached hydrogen (secondary N) is 2. The lowest BCUT2D eigenvalue weighted by Crippen LogP contribution is -2.37. The van der Waals surface area contributed by atoms with Crippen LogP contribution in [0.5, 0.6) is 0 Å². The molecule has 2 N–H and O–H groups in total. The summed E-state index contributed by atoms with van der Waals surface area (Å²) in [6.07, 6.45) is 3.67. The normalized spacial score (nSPS) is 10.3. The van der Waals surface area contributed by atoms with Crippen molar-refractivity contribution in [3.05, 3.63) is 53.9 Å². The molecule has 0 saturated heterocycles. The Balaban J connectivity index is 1.89. The third-order valence-electron chi connectivity index (χ3n) is 3.04. The average molecular weight is 288 g/mol. The van der Waals surface area contributed by atoms with Crippen LogP contribution in [-0.2, 0) is 17.8 Å². The van der Waals surface area contributed by atoms with Gasteiger partial charge in [0.2, 0.25) is 0 Å². The van der Waals surface area contributed by atoms with E-state index in [0.29, 0.717) is 26.2 Å². The molecule has 1 aromatic carbocycles. The van der Waals surface area contributed by atoms with E-state index in [1.165, 1.54) is 0 Å². The fraction of sp³-hybridized carbons (Fsp3) is 0.333. The molecule has 0 spiro atoms. The van der Waals surface area contributed by atoms with E-state index in [2.05, 4.69) is 15.7 Å². The highest BCUT2D eigenvalue weighted by molar-refractivity contribution is 5.73. The summed E-state index contributed by atoms with van der Waals surface area (Å²) in [5.74, 6) is 0. The van der Waals surface area contributed by atoms with Crippen LogP contribution in [0.15, 0.2) is 42.7 Å². The van der Waals surface area contributed by atoms with Crippen molar-refractivity contribution in [1.29, 1.82) is 0 Å². The van der Waals surface area contributed by atoms with Gasteiger partial charge in [-0.3, -0.25) is 4.68 Å². The zero-order valence-electron chi connectivity index (χ0n) is 12.1. The monoisotopic (exact) mass is 288 g/mol. The minimum Gasteiger partial charge on any atom is -0.383 e. The van der Waals surface area contributed by atoms with Crippen LogP contribution in [0, 0.1) is 0 Å². The minimum absolute atomic E-state index is 0.194. The molecule has 2 aromatic rings. The van der Waals surface area contributed by atoms with Crippen LogP contribution in [0.3, 0.4) is 0 Å². The second kappa shape index (κ2) is 8.06. The van der Waals surface area contributed by atoms with Crippen LogP contribution in [0.25, 0.3) is 0 Å². The summed E-state index contributed by atoms with van der Waals surface area (Å²) in [5.41, 5.74) is 2.22. The zero-order chi connectivity index (χ0) is 14.9. The Hall–Kier alpha value is -2.34. The van der Waals surface area contributed by atoms with Gasteiger partial charge in [-0.25, -0.2) is 4.79 Å². The minimum atomic E-state index is -0.194. The number of methoxy groups -OCH3 is 1. The number of nitrogens with zero attached hydrogens (tertiary/aromatic N) is 2. The van der Waals surface area contributed by atoms with Gasteiger partial charge in [0, 0.05) is 32.6 Å². The lowest BCUT2D eigenvalue weighted by molar-refractivity contribution is 0.196. The number of ether oxygens (including phenoxy) is 1. The number of urea groups is 1. The summed E-state index contributed by atoms with van der Waals surface area (Å²) in [4.78, 5) is 11.6. The number of amides is 2. The molecule has 0 atom stereocenters. The van der Waals surface area contributed by atoms with Gasteiger partial charge in [0.1, 0.15) is 0 Å². The largest absolute Gasteiger partial charge is 0.383 e. The smallest absolute Gasteiger partial charge is 0.315 e. The number of hydrogen-bond acceptors (Lipinski definition) is 3. The van der Waals surface area contributed by atoms with Gasteiger partial charge in [-0.1, -0.05) is 24.3 Å². The highest BCUT2D eigenvalue weighted by Gasteiger charge is 2.05. The number of hydrogen-bond donors (Lipinski definition) is 2. The third kappa shape index (κ3) is 4.92. The maximum absolute atomic E-state index is 11.6. The van der Waals surface area contributed by atoms with Crippen molar-refractivity contribution < 1.29 is 9.53 Å². The van der Waals surface area contributed by atoms with Crippen molar-refractivity contribution in [2.75, 3.05) is 20.3 Å². The molecule has 0 unspecified atom stereocenters. The topological polar surface area (TPSA) is 68.2 Å². The highest BCUT2D eigenvalue weighted by Crippen LogP contribution is 2.10. The first-order chi connectivity index (χ1) is 10.3. The summed E-state index contributed by atoms with van der Waals surface area (Å²) in [6.45, 7) is 2.17.